The molecule has 0 radical (unpaired) electrons. The van der Waals surface area contributed by atoms with Crippen molar-refractivity contribution in [1.82, 2.24) is 4.68 Å². The molecule has 0 N–H and O–H groups in total. The lowest BCUT2D eigenvalue weighted by Crippen LogP contribution is -2.35. The van der Waals surface area contributed by atoms with Gasteiger partial charge in [-0.25, -0.2) is 0 Å². The molecule has 0 saturated carbocycles. The molecule has 2 nitrogen and oxygen atoms in total. The van der Waals surface area contributed by atoms with E-state index < -0.39 is 0 Å². The van der Waals surface area contributed by atoms with Gasteiger partial charge >= 0.3 is 0 Å². The zero-order valence-corrected chi connectivity index (χ0v) is 12.9. The minimum atomic E-state index is 1.14. The Labute approximate surface area is 122 Å². The molecule has 0 bridgehead atoms. The molecule has 3 rings (SSSR count). The summed E-state index contributed by atoms with van der Waals surface area (Å²) in [7, 11) is 0. The van der Waals surface area contributed by atoms with E-state index in [9.17, 15) is 0 Å². The summed E-state index contributed by atoms with van der Waals surface area (Å²) in [5.74, 6) is 0. The van der Waals surface area contributed by atoms with Crippen LogP contribution in [-0.2, 0) is 12.8 Å². The molecule has 1 aliphatic carbocycles. The average molecular weight is 270 g/mol. The molecular formula is C18H26N2. The normalized spacial score (nSPS) is 14.5. The zero-order valence-electron chi connectivity index (χ0n) is 12.9. The highest BCUT2D eigenvalue weighted by Gasteiger charge is 2.17. The Morgan fingerprint density at radius 2 is 1.75 bits per heavy atom. The lowest BCUT2D eigenvalue weighted by molar-refractivity contribution is 0.581. The van der Waals surface area contributed by atoms with E-state index in [-0.39, 0.29) is 0 Å². The van der Waals surface area contributed by atoms with Crippen LogP contribution in [0.25, 0.3) is 10.9 Å². The molecule has 1 heterocycles. The van der Waals surface area contributed by atoms with Gasteiger partial charge in [-0.15, -0.1) is 0 Å². The molecule has 1 aromatic heterocycles. The number of rotatable bonds is 5. The van der Waals surface area contributed by atoms with Crippen LogP contribution in [-0.4, -0.2) is 17.8 Å². The number of aryl methyl sites for hydroxylation is 2. The number of aromatic nitrogens is 1. The van der Waals surface area contributed by atoms with Crippen LogP contribution in [0, 0.1) is 0 Å². The standard InChI is InChI=1S/C18H26N2/c1-3-12-19(13-4-2)20-14-11-16-10-9-15-7-5-6-8-17(15)18(16)20/h9-11,14H,3-8,12-13H2,1-2H3. The molecule has 20 heavy (non-hydrogen) atoms. The average Bonchev–Trinajstić information content (AvgIpc) is 2.91. The molecule has 0 fully saturated rings. The molecule has 1 aliphatic rings. The topological polar surface area (TPSA) is 8.17 Å². The van der Waals surface area contributed by atoms with Crippen molar-refractivity contribution in [3.05, 3.63) is 35.5 Å². The maximum atomic E-state index is 2.51. The van der Waals surface area contributed by atoms with Crippen molar-refractivity contribution in [3.63, 3.8) is 0 Å². The van der Waals surface area contributed by atoms with Gasteiger partial charge in [-0.2, -0.15) is 0 Å². The molecule has 0 aliphatic heterocycles. The van der Waals surface area contributed by atoms with Gasteiger partial charge in [0.2, 0.25) is 0 Å². The maximum Gasteiger partial charge on any atom is 0.0729 e. The summed E-state index contributed by atoms with van der Waals surface area (Å²) in [4.78, 5) is 0. The molecular weight excluding hydrogens is 244 g/mol. The second kappa shape index (κ2) is 5.90. The van der Waals surface area contributed by atoms with E-state index in [4.69, 9.17) is 0 Å². The lowest BCUT2D eigenvalue weighted by atomic mass is 9.90. The van der Waals surface area contributed by atoms with Gasteiger partial charge in [0.15, 0.2) is 0 Å². The number of fused-ring (bicyclic) bond motifs is 3. The second-order valence-electron chi connectivity index (χ2n) is 5.96. The second-order valence-corrected chi connectivity index (χ2v) is 5.96. The summed E-state index contributed by atoms with van der Waals surface area (Å²) < 4.78 is 2.44. The highest BCUT2D eigenvalue weighted by atomic mass is 15.5. The van der Waals surface area contributed by atoms with E-state index in [1.807, 2.05) is 0 Å². The minimum Gasteiger partial charge on any atom is -0.313 e. The predicted octanol–water partition coefficient (Wildman–Crippen LogP) is 4.28. The van der Waals surface area contributed by atoms with Crippen molar-refractivity contribution in [3.8, 4) is 0 Å². The quantitative estimate of drug-likeness (QED) is 0.787. The van der Waals surface area contributed by atoms with Crippen LogP contribution in [0.4, 0.5) is 0 Å². The predicted molar refractivity (Wildman–Crippen MR) is 87.1 cm³/mol. The molecule has 0 spiro atoms. The summed E-state index contributed by atoms with van der Waals surface area (Å²) in [6.45, 7) is 6.82. The first kappa shape index (κ1) is 13.5. The van der Waals surface area contributed by atoms with Crippen molar-refractivity contribution in [2.24, 2.45) is 0 Å². The van der Waals surface area contributed by atoms with E-state index in [1.54, 1.807) is 11.1 Å². The molecule has 0 atom stereocenters. The van der Waals surface area contributed by atoms with Crippen LogP contribution >= 0.6 is 0 Å². The SMILES string of the molecule is CCCN(CCC)n1ccc2ccc3c(c21)CCCC3. The Hall–Kier alpha value is -1.44. The number of hydrogen-bond donors (Lipinski definition) is 0. The summed E-state index contributed by atoms with van der Waals surface area (Å²) in [6.07, 6.45) is 9.89. The first-order valence-corrected chi connectivity index (χ1v) is 8.22. The summed E-state index contributed by atoms with van der Waals surface area (Å²) in [6, 6.07) is 6.94. The van der Waals surface area contributed by atoms with Gasteiger partial charge in [0.1, 0.15) is 0 Å². The third-order valence-electron chi connectivity index (χ3n) is 4.43. The third kappa shape index (κ3) is 2.32. The summed E-state index contributed by atoms with van der Waals surface area (Å²) >= 11 is 0. The van der Waals surface area contributed by atoms with E-state index >= 15 is 0 Å². The molecule has 0 amide bonds. The molecule has 0 saturated heterocycles. The Bertz CT molecular complexity index is 576. The summed E-state index contributed by atoms with van der Waals surface area (Å²) in [5, 5.41) is 3.92. The van der Waals surface area contributed by atoms with Gasteiger partial charge in [0.25, 0.3) is 0 Å². The van der Waals surface area contributed by atoms with Crippen molar-refractivity contribution < 1.29 is 0 Å². The molecule has 2 heteroatoms. The molecule has 0 unspecified atom stereocenters. The third-order valence-corrected chi connectivity index (χ3v) is 4.43. The van der Waals surface area contributed by atoms with E-state index in [1.165, 1.54) is 49.4 Å². The maximum absolute atomic E-state index is 2.51. The first-order chi connectivity index (χ1) is 9.85. The van der Waals surface area contributed by atoms with Crippen LogP contribution in [0.15, 0.2) is 24.4 Å². The number of hydrogen-bond acceptors (Lipinski definition) is 1. The Morgan fingerprint density at radius 3 is 2.50 bits per heavy atom. The van der Waals surface area contributed by atoms with E-state index in [0.29, 0.717) is 0 Å². The van der Waals surface area contributed by atoms with Gasteiger partial charge < -0.3 is 5.01 Å². The van der Waals surface area contributed by atoms with Crippen molar-refractivity contribution in [1.29, 1.82) is 0 Å². The number of benzene rings is 1. The van der Waals surface area contributed by atoms with Crippen LogP contribution in [0.5, 0.6) is 0 Å². The largest absolute Gasteiger partial charge is 0.313 e. The van der Waals surface area contributed by atoms with E-state index in [2.05, 4.69) is 47.9 Å². The minimum absolute atomic E-state index is 1.14. The van der Waals surface area contributed by atoms with Gasteiger partial charge in [0.05, 0.1) is 5.52 Å². The summed E-state index contributed by atoms with van der Waals surface area (Å²) in [5.41, 5.74) is 4.66. The fourth-order valence-electron chi connectivity index (χ4n) is 3.54. The van der Waals surface area contributed by atoms with E-state index in [0.717, 1.165) is 13.1 Å². The Kier molecular flexibility index (Phi) is 4.00. The van der Waals surface area contributed by atoms with Crippen LogP contribution in [0.2, 0.25) is 0 Å². The smallest absolute Gasteiger partial charge is 0.0729 e. The van der Waals surface area contributed by atoms with Crippen molar-refractivity contribution in [2.75, 3.05) is 18.1 Å². The fraction of sp³-hybridized carbons (Fsp3) is 0.556. The van der Waals surface area contributed by atoms with Crippen LogP contribution < -0.4 is 5.01 Å². The molecule has 1 aromatic carbocycles. The molecule has 2 aromatic rings. The van der Waals surface area contributed by atoms with Gasteiger partial charge in [-0.3, -0.25) is 4.68 Å². The molecule has 108 valence electrons. The first-order valence-electron chi connectivity index (χ1n) is 8.22. The Morgan fingerprint density at radius 1 is 1.00 bits per heavy atom. The lowest BCUT2D eigenvalue weighted by Gasteiger charge is -2.28. The highest BCUT2D eigenvalue weighted by molar-refractivity contribution is 5.85. The fourth-order valence-corrected chi connectivity index (χ4v) is 3.54. The highest BCUT2D eigenvalue weighted by Crippen LogP contribution is 2.30. The van der Waals surface area contributed by atoms with Crippen molar-refractivity contribution >= 4 is 10.9 Å². The van der Waals surface area contributed by atoms with Gasteiger partial charge in [0, 0.05) is 24.7 Å². The van der Waals surface area contributed by atoms with Gasteiger partial charge in [-0.05, 0) is 55.7 Å². The van der Waals surface area contributed by atoms with Crippen LogP contribution in [0.1, 0.15) is 50.7 Å². The Balaban J connectivity index is 2.10. The van der Waals surface area contributed by atoms with Crippen LogP contribution in [0.3, 0.4) is 0 Å². The monoisotopic (exact) mass is 270 g/mol. The zero-order chi connectivity index (χ0) is 13.9. The number of nitrogens with zero attached hydrogens (tertiary/aromatic N) is 2. The van der Waals surface area contributed by atoms with Gasteiger partial charge in [-0.1, -0.05) is 26.0 Å². The van der Waals surface area contributed by atoms with Crippen molar-refractivity contribution in [2.45, 2.75) is 52.4 Å².